The van der Waals surface area contributed by atoms with E-state index in [1.807, 2.05) is 31.2 Å². The Morgan fingerprint density at radius 3 is 2.59 bits per heavy atom. The molecule has 2 unspecified atom stereocenters. The summed E-state index contributed by atoms with van der Waals surface area (Å²) in [5.74, 6) is 0.553. The molecule has 0 aromatic heterocycles. The zero-order valence-electron chi connectivity index (χ0n) is 13.4. The number of likely N-dealkylation sites (tertiary alicyclic amines) is 1. The van der Waals surface area contributed by atoms with E-state index in [0.29, 0.717) is 12.8 Å². The van der Waals surface area contributed by atoms with Crippen molar-refractivity contribution in [3.63, 3.8) is 0 Å². The summed E-state index contributed by atoms with van der Waals surface area (Å²) in [6.07, 6.45) is 2.64. The van der Waals surface area contributed by atoms with Gasteiger partial charge in [-0.05, 0) is 43.9 Å². The van der Waals surface area contributed by atoms with Crippen molar-refractivity contribution in [1.29, 1.82) is 0 Å². The molecule has 5 heteroatoms. The maximum atomic E-state index is 12.0. The highest BCUT2D eigenvalue weighted by Crippen LogP contribution is 2.25. The Bertz CT molecular complexity index is 526. The quantitative estimate of drug-likeness (QED) is 0.756. The fraction of sp³-hybridized carbons (Fsp3) is 0.529. The van der Waals surface area contributed by atoms with Gasteiger partial charge in [-0.15, -0.1) is 0 Å². The molecule has 0 spiro atoms. The van der Waals surface area contributed by atoms with Crippen LogP contribution in [0.3, 0.4) is 0 Å². The normalized spacial score (nSPS) is 19.1. The third kappa shape index (κ3) is 3.59. The second kappa shape index (κ2) is 7.29. The Labute approximate surface area is 131 Å². The molecule has 2 atom stereocenters. The van der Waals surface area contributed by atoms with Crippen LogP contribution in [-0.2, 0) is 20.7 Å². The molecule has 0 aliphatic carbocycles. The second-order valence-electron chi connectivity index (χ2n) is 5.61. The topological polar surface area (TPSA) is 55.8 Å². The van der Waals surface area contributed by atoms with Crippen LogP contribution in [0.2, 0.25) is 0 Å². The standard InChI is InChI=1S/C17H23NO4/c1-12(4-5-13-6-8-14(21-2)9-7-13)18-15(17(20)22-3)10-11-16(18)19/h6-9,12,15H,4-5,10-11H2,1-3H3. The van der Waals surface area contributed by atoms with Crippen LogP contribution in [0.1, 0.15) is 31.7 Å². The molecule has 0 radical (unpaired) electrons. The largest absolute Gasteiger partial charge is 0.497 e. The predicted octanol–water partition coefficient (Wildman–Crippen LogP) is 2.18. The van der Waals surface area contributed by atoms with Crippen molar-refractivity contribution in [3.05, 3.63) is 29.8 Å². The summed E-state index contributed by atoms with van der Waals surface area (Å²) >= 11 is 0. The number of methoxy groups -OCH3 is 2. The van der Waals surface area contributed by atoms with Gasteiger partial charge in [0.25, 0.3) is 0 Å². The number of hydrogen-bond acceptors (Lipinski definition) is 4. The summed E-state index contributed by atoms with van der Waals surface area (Å²) < 4.78 is 9.94. The number of rotatable bonds is 6. The maximum absolute atomic E-state index is 12.0. The number of esters is 1. The minimum Gasteiger partial charge on any atom is -0.497 e. The van der Waals surface area contributed by atoms with E-state index in [2.05, 4.69) is 0 Å². The highest BCUT2D eigenvalue weighted by Gasteiger charge is 2.39. The molecule has 1 aliphatic heterocycles. The molecular formula is C17H23NO4. The average molecular weight is 305 g/mol. The minimum atomic E-state index is -0.427. The molecule has 1 fully saturated rings. The number of amides is 1. The molecule has 1 amide bonds. The Balaban J connectivity index is 1.96. The summed E-state index contributed by atoms with van der Waals surface area (Å²) in [4.78, 5) is 25.5. The number of carbonyl (C=O) groups excluding carboxylic acids is 2. The lowest BCUT2D eigenvalue weighted by Gasteiger charge is -2.29. The summed E-state index contributed by atoms with van der Waals surface area (Å²) in [5.41, 5.74) is 1.19. The SMILES string of the molecule is COC(=O)C1CCC(=O)N1C(C)CCc1ccc(OC)cc1. The molecule has 1 saturated heterocycles. The monoisotopic (exact) mass is 305 g/mol. The Morgan fingerprint density at radius 1 is 1.32 bits per heavy atom. The molecule has 1 heterocycles. The number of hydrogen-bond donors (Lipinski definition) is 0. The van der Waals surface area contributed by atoms with Gasteiger partial charge in [0.05, 0.1) is 14.2 Å². The van der Waals surface area contributed by atoms with Crippen LogP contribution in [-0.4, -0.2) is 43.1 Å². The Hall–Kier alpha value is -2.04. The molecular weight excluding hydrogens is 282 g/mol. The van der Waals surface area contributed by atoms with Crippen LogP contribution < -0.4 is 4.74 Å². The molecule has 0 N–H and O–H groups in total. The molecule has 0 bridgehead atoms. The lowest BCUT2D eigenvalue weighted by Crippen LogP contribution is -2.44. The lowest BCUT2D eigenvalue weighted by atomic mass is 10.0. The predicted molar refractivity (Wildman–Crippen MR) is 82.7 cm³/mol. The van der Waals surface area contributed by atoms with Gasteiger partial charge < -0.3 is 14.4 Å². The van der Waals surface area contributed by atoms with Gasteiger partial charge in [-0.1, -0.05) is 12.1 Å². The molecule has 1 aromatic carbocycles. The van der Waals surface area contributed by atoms with E-state index in [1.165, 1.54) is 12.7 Å². The summed E-state index contributed by atoms with van der Waals surface area (Å²) in [6, 6.07) is 7.49. The van der Waals surface area contributed by atoms with Crippen LogP contribution in [0.25, 0.3) is 0 Å². The van der Waals surface area contributed by atoms with Gasteiger partial charge in [0.1, 0.15) is 11.8 Å². The maximum Gasteiger partial charge on any atom is 0.328 e. The van der Waals surface area contributed by atoms with Crippen molar-refractivity contribution in [2.24, 2.45) is 0 Å². The van der Waals surface area contributed by atoms with Crippen molar-refractivity contribution in [2.75, 3.05) is 14.2 Å². The van der Waals surface area contributed by atoms with E-state index in [4.69, 9.17) is 9.47 Å². The second-order valence-corrected chi connectivity index (χ2v) is 5.61. The van der Waals surface area contributed by atoms with E-state index in [-0.39, 0.29) is 17.9 Å². The van der Waals surface area contributed by atoms with Crippen molar-refractivity contribution in [1.82, 2.24) is 4.90 Å². The summed E-state index contributed by atoms with van der Waals surface area (Å²) in [7, 11) is 3.01. The van der Waals surface area contributed by atoms with Crippen LogP contribution >= 0.6 is 0 Å². The molecule has 120 valence electrons. The van der Waals surface area contributed by atoms with E-state index in [9.17, 15) is 9.59 Å². The fourth-order valence-corrected chi connectivity index (χ4v) is 2.93. The number of aryl methyl sites for hydroxylation is 1. The van der Waals surface area contributed by atoms with Crippen molar-refractivity contribution >= 4 is 11.9 Å². The fourth-order valence-electron chi connectivity index (χ4n) is 2.93. The molecule has 0 saturated carbocycles. The van der Waals surface area contributed by atoms with Gasteiger partial charge in [-0.2, -0.15) is 0 Å². The Morgan fingerprint density at radius 2 is 2.00 bits per heavy atom. The number of benzene rings is 1. The van der Waals surface area contributed by atoms with Gasteiger partial charge in [0, 0.05) is 12.5 Å². The van der Waals surface area contributed by atoms with E-state index in [1.54, 1.807) is 12.0 Å². The van der Waals surface area contributed by atoms with Crippen LogP contribution in [0.4, 0.5) is 0 Å². The van der Waals surface area contributed by atoms with Gasteiger partial charge in [-0.3, -0.25) is 4.79 Å². The minimum absolute atomic E-state index is 0.0150. The molecule has 22 heavy (non-hydrogen) atoms. The van der Waals surface area contributed by atoms with E-state index >= 15 is 0 Å². The summed E-state index contributed by atoms with van der Waals surface area (Å²) in [6.45, 7) is 1.99. The van der Waals surface area contributed by atoms with Crippen LogP contribution in [0.15, 0.2) is 24.3 Å². The average Bonchev–Trinajstić information content (AvgIpc) is 2.94. The van der Waals surface area contributed by atoms with Gasteiger partial charge in [0.15, 0.2) is 0 Å². The molecule has 1 aromatic rings. The van der Waals surface area contributed by atoms with Crippen LogP contribution in [0, 0.1) is 0 Å². The van der Waals surface area contributed by atoms with Gasteiger partial charge in [0.2, 0.25) is 5.91 Å². The van der Waals surface area contributed by atoms with Gasteiger partial charge in [-0.25, -0.2) is 4.79 Å². The van der Waals surface area contributed by atoms with Crippen molar-refractivity contribution in [2.45, 2.75) is 44.7 Å². The molecule has 5 nitrogen and oxygen atoms in total. The Kier molecular flexibility index (Phi) is 5.41. The van der Waals surface area contributed by atoms with Crippen molar-refractivity contribution in [3.8, 4) is 5.75 Å². The number of ether oxygens (including phenoxy) is 2. The van der Waals surface area contributed by atoms with Crippen molar-refractivity contribution < 1.29 is 19.1 Å². The third-order valence-electron chi connectivity index (χ3n) is 4.21. The summed E-state index contributed by atoms with van der Waals surface area (Å²) in [5, 5.41) is 0. The van der Waals surface area contributed by atoms with E-state index in [0.717, 1.165) is 18.6 Å². The smallest absolute Gasteiger partial charge is 0.328 e. The zero-order valence-corrected chi connectivity index (χ0v) is 13.4. The van der Waals surface area contributed by atoms with Crippen LogP contribution in [0.5, 0.6) is 5.75 Å². The first-order valence-electron chi connectivity index (χ1n) is 7.58. The lowest BCUT2D eigenvalue weighted by molar-refractivity contribution is -0.150. The number of nitrogens with zero attached hydrogens (tertiary/aromatic N) is 1. The first kappa shape index (κ1) is 16.3. The van der Waals surface area contributed by atoms with E-state index < -0.39 is 6.04 Å². The first-order chi connectivity index (χ1) is 10.6. The molecule has 1 aliphatic rings. The zero-order chi connectivity index (χ0) is 16.1. The first-order valence-corrected chi connectivity index (χ1v) is 7.58. The number of carbonyl (C=O) groups is 2. The molecule has 2 rings (SSSR count). The van der Waals surface area contributed by atoms with Gasteiger partial charge >= 0.3 is 5.97 Å². The highest BCUT2D eigenvalue weighted by molar-refractivity contribution is 5.88. The highest BCUT2D eigenvalue weighted by atomic mass is 16.5. The third-order valence-corrected chi connectivity index (χ3v) is 4.21.